The smallest absolute Gasteiger partial charge is 0.201 e. The van der Waals surface area contributed by atoms with Gasteiger partial charge in [0.15, 0.2) is 5.44 Å². The van der Waals surface area contributed by atoms with Crippen molar-refractivity contribution < 1.29 is 14.3 Å². The maximum atomic E-state index is 12.3. The lowest BCUT2D eigenvalue weighted by molar-refractivity contribution is -0.0112. The number of carbonyl (C=O) groups is 1. The molecule has 0 N–H and O–H groups in total. The summed E-state index contributed by atoms with van der Waals surface area (Å²) in [5.41, 5.74) is -0.173. The first-order chi connectivity index (χ1) is 8.37. The zero-order valence-electron chi connectivity index (χ0n) is 11.5. The van der Waals surface area contributed by atoms with Gasteiger partial charge in [-0.2, -0.15) is 0 Å². The summed E-state index contributed by atoms with van der Waals surface area (Å²) in [6.45, 7) is 5.83. The van der Waals surface area contributed by atoms with Gasteiger partial charge in [-0.3, -0.25) is 4.79 Å². The van der Waals surface area contributed by atoms with Gasteiger partial charge in [-0.15, -0.1) is 11.8 Å². The van der Waals surface area contributed by atoms with E-state index in [-0.39, 0.29) is 11.4 Å². The molecular formula is C14H20O3S. The second-order valence-electron chi connectivity index (χ2n) is 4.89. The first-order valence-corrected chi connectivity index (χ1v) is 7.05. The third-order valence-corrected chi connectivity index (χ3v) is 3.00. The minimum atomic E-state index is -0.474. The van der Waals surface area contributed by atoms with Crippen molar-refractivity contribution in [2.75, 3.05) is 13.4 Å². The van der Waals surface area contributed by atoms with Crippen LogP contribution in [0.3, 0.4) is 0 Å². The van der Waals surface area contributed by atoms with Crippen LogP contribution in [0.5, 0.6) is 5.75 Å². The average Bonchev–Trinajstić information content (AvgIpc) is 2.34. The molecule has 0 spiro atoms. The number of Topliss-reactive ketones (excluding diaryl/α,β-unsaturated/α-hetero) is 1. The van der Waals surface area contributed by atoms with Crippen molar-refractivity contribution in [2.45, 2.75) is 31.8 Å². The number of ether oxygens (including phenoxy) is 2. The summed E-state index contributed by atoms with van der Waals surface area (Å²) in [6.07, 6.45) is 1.87. The summed E-state index contributed by atoms with van der Waals surface area (Å²) in [7, 11) is 1.60. The summed E-state index contributed by atoms with van der Waals surface area (Å²) in [5, 5.41) is 0. The predicted octanol–water partition coefficient (Wildman–Crippen LogP) is 3.38. The lowest BCUT2D eigenvalue weighted by Gasteiger charge is -2.25. The van der Waals surface area contributed by atoms with Gasteiger partial charge in [0.05, 0.1) is 12.7 Å². The molecule has 4 heteroatoms. The Hall–Kier alpha value is -1.00. The highest BCUT2D eigenvalue weighted by Crippen LogP contribution is 2.22. The van der Waals surface area contributed by atoms with Crippen molar-refractivity contribution in [1.29, 1.82) is 0 Å². The van der Waals surface area contributed by atoms with E-state index in [0.717, 1.165) is 5.75 Å². The van der Waals surface area contributed by atoms with Gasteiger partial charge in [0.2, 0.25) is 5.78 Å². The zero-order chi connectivity index (χ0) is 13.8. The molecule has 0 fully saturated rings. The van der Waals surface area contributed by atoms with E-state index in [0.29, 0.717) is 5.56 Å². The van der Waals surface area contributed by atoms with Gasteiger partial charge in [-0.1, -0.05) is 0 Å². The fraction of sp³-hybridized carbons (Fsp3) is 0.500. The Bertz CT molecular complexity index is 392. The van der Waals surface area contributed by atoms with E-state index in [1.165, 1.54) is 11.8 Å². The minimum Gasteiger partial charge on any atom is -0.497 e. The topological polar surface area (TPSA) is 35.5 Å². The van der Waals surface area contributed by atoms with Crippen LogP contribution in [-0.4, -0.2) is 30.2 Å². The van der Waals surface area contributed by atoms with Crippen LogP contribution in [-0.2, 0) is 4.74 Å². The molecule has 0 aromatic heterocycles. The van der Waals surface area contributed by atoms with Crippen molar-refractivity contribution >= 4 is 17.5 Å². The standard InChI is InChI=1S/C14H20O3S/c1-14(2,3)17-13(18-5)12(15)10-6-8-11(16-4)9-7-10/h6-9,13H,1-5H3. The molecule has 0 saturated carbocycles. The molecule has 1 atom stereocenters. The van der Waals surface area contributed by atoms with Crippen molar-refractivity contribution in [3.05, 3.63) is 29.8 Å². The highest BCUT2D eigenvalue weighted by Gasteiger charge is 2.25. The fourth-order valence-electron chi connectivity index (χ4n) is 1.42. The van der Waals surface area contributed by atoms with Crippen LogP contribution in [0, 0.1) is 0 Å². The molecule has 0 heterocycles. The summed E-state index contributed by atoms with van der Waals surface area (Å²) < 4.78 is 10.8. The zero-order valence-corrected chi connectivity index (χ0v) is 12.3. The van der Waals surface area contributed by atoms with Crippen LogP contribution in [0.15, 0.2) is 24.3 Å². The van der Waals surface area contributed by atoms with E-state index >= 15 is 0 Å². The van der Waals surface area contributed by atoms with Gasteiger partial charge in [-0.25, -0.2) is 0 Å². The van der Waals surface area contributed by atoms with Gasteiger partial charge in [0.25, 0.3) is 0 Å². The van der Waals surface area contributed by atoms with Crippen molar-refractivity contribution in [3.63, 3.8) is 0 Å². The second kappa shape index (κ2) is 6.25. The molecule has 0 aliphatic heterocycles. The molecule has 1 rings (SSSR count). The lowest BCUT2D eigenvalue weighted by atomic mass is 10.1. The number of hydrogen-bond donors (Lipinski definition) is 0. The maximum Gasteiger partial charge on any atom is 0.201 e. The molecule has 0 bridgehead atoms. The molecule has 0 aliphatic rings. The molecular weight excluding hydrogens is 248 g/mol. The molecule has 3 nitrogen and oxygen atoms in total. The minimum absolute atomic E-state index is 0.0138. The monoisotopic (exact) mass is 268 g/mol. The first-order valence-electron chi connectivity index (χ1n) is 5.76. The Labute approximate surface area is 113 Å². The highest BCUT2D eigenvalue weighted by atomic mass is 32.2. The van der Waals surface area contributed by atoms with Gasteiger partial charge >= 0.3 is 0 Å². The van der Waals surface area contributed by atoms with Crippen LogP contribution < -0.4 is 4.74 Å². The van der Waals surface area contributed by atoms with E-state index in [9.17, 15) is 4.79 Å². The van der Waals surface area contributed by atoms with E-state index in [4.69, 9.17) is 9.47 Å². The van der Waals surface area contributed by atoms with Crippen LogP contribution in [0.1, 0.15) is 31.1 Å². The molecule has 1 aromatic carbocycles. The van der Waals surface area contributed by atoms with E-state index < -0.39 is 5.44 Å². The van der Waals surface area contributed by atoms with E-state index in [1.807, 2.05) is 27.0 Å². The predicted molar refractivity (Wildman–Crippen MR) is 75.5 cm³/mol. The summed E-state index contributed by atoms with van der Waals surface area (Å²) >= 11 is 1.41. The lowest BCUT2D eigenvalue weighted by Crippen LogP contribution is -2.31. The molecule has 0 aliphatic carbocycles. The highest BCUT2D eigenvalue weighted by molar-refractivity contribution is 7.99. The number of carbonyl (C=O) groups excluding carboxylic acids is 1. The largest absolute Gasteiger partial charge is 0.497 e. The number of thioether (sulfide) groups is 1. The fourth-order valence-corrected chi connectivity index (χ4v) is 2.16. The molecule has 100 valence electrons. The number of ketones is 1. The Morgan fingerprint density at radius 2 is 1.78 bits per heavy atom. The first kappa shape index (κ1) is 15.1. The van der Waals surface area contributed by atoms with Crippen molar-refractivity contribution in [1.82, 2.24) is 0 Å². The Morgan fingerprint density at radius 3 is 2.17 bits per heavy atom. The Balaban J connectivity index is 2.82. The van der Waals surface area contributed by atoms with E-state index in [1.54, 1.807) is 31.4 Å². The van der Waals surface area contributed by atoms with Crippen molar-refractivity contribution in [3.8, 4) is 5.75 Å². The third-order valence-electron chi connectivity index (χ3n) is 2.26. The second-order valence-corrected chi connectivity index (χ2v) is 5.79. The van der Waals surface area contributed by atoms with Crippen LogP contribution in [0.25, 0.3) is 0 Å². The van der Waals surface area contributed by atoms with Gasteiger partial charge in [0.1, 0.15) is 5.75 Å². The molecule has 18 heavy (non-hydrogen) atoms. The SMILES string of the molecule is COc1ccc(C(=O)C(OC(C)(C)C)SC)cc1. The number of methoxy groups -OCH3 is 1. The third kappa shape index (κ3) is 4.35. The molecule has 0 saturated heterocycles. The number of benzene rings is 1. The quantitative estimate of drug-likeness (QED) is 0.606. The summed E-state index contributed by atoms with van der Waals surface area (Å²) in [6, 6.07) is 7.08. The average molecular weight is 268 g/mol. The van der Waals surface area contributed by atoms with Gasteiger partial charge in [-0.05, 0) is 51.3 Å². The summed E-state index contributed by atoms with van der Waals surface area (Å²) in [5.74, 6) is 0.726. The molecule has 1 unspecified atom stereocenters. The Kier molecular flexibility index (Phi) is 5.23. The number of hydrogen-bond acceptors (Lipinski definition) is 4. The summed E-state index contributed by atoms with van der Waals surface area (Å²) in [4.78, 5) is 12.3. The molecule has 1 aromatic rings. The van der Waals surface area contributed by atoms with Crippen LogP contribution >= 0.6 is 11.8 Å². The van der Waals surface area contributed by atoms with Crippen LogP contribution in [0.4, 0.5) is 0 Å². The molecule has 0 radical (unpaired) electrons. The normalized spacial score (nSPS) is 13.2. The number of rotatable bonds is 5. The molecule has 0 amide bonds. The maximum absolute atomic E-state index is 12.3. The van der Waals surface area contributed by atoms with E-state index in [2.05, 4.69) is 0 Å². The Morgan fingerprint density at radius 1 is 1.22 bits per heavy atom. The van der Waals surface area contributed by atoms with Crippen molar-refractivity contribution in [2.24, 2.45) is 0 Å². The van der Waals surface area contributed by atoms with Gasteiger partial charge in [0, 0.05) is 5.56 Å². The van der Waals surface area contributed by atoms with Gasteiger partial charge < -0.3 is 9.47 Å². The van der Waals surface area contributed by atoms with Crippen LogP contribution in [0.2, 0.25) is 0 Å².